The summed E-state index contributed by atoms with van der Waals surface area (Å²) in [7, 11) is 1.06. The number of nitriles is 1. The van der Waals surface area contributed by atoms with Crippen molar-refractivity contribution in [1.29, 1.82) is 5.26 Å². The number of pyridine rings is 1. The number of alkyl halides is 2. The average molecular weight is 226 g/mol. The van der Waals surface area contributed by atoms with Crippen molar-refractivity contribution in [3.05, 3.63) is 28.6 Å². The Morgan fingerprint density at radius 1 is 1.62 bits per heavy atom. The molecule has 0 fully saturated rings. The van der Waals surface area contributed by atoms with Crippen molar-refractivity contribution < 1.29 is 18.3 Å². The van der Waals surface area contributed by atoms with Crippen LogP contribution in [0.1, 0.15) is 33.6 Å². The summed E-state index contributed by atoms with van der Waals surface area (Å²) in [6.07, 6.45) is -1.73. The maximum Gasteiger partial charge on any atom is 0.341 e. The highest BCUT2D eigenvalue weighted by Gasteiger charge is 2.25. The Labute approximate surface area is 90.5 Å². The van der Waals surface area contributed by atoms with Gasteiger partial charge in [-0.05, 0) is 12.5 Å². The van der Waals surface area contributed by atoms with Crippen LogP contribution in [0.2, 0.25) is 0 Å². The maximum absolute atomic E-state index is 12.8. The lowest BCUT2D eigenvalue weighted by molar-refractivity contribution is 0.0588. The van der Waals surface area contributed by atoms with Gasteiger partial charge in [-0.2, -0.15) is 5.26 Å². The lowest BCUT2D eigenvalue weighted by atomic mass is 10.0. The molecule has 16 heavy (non-hydrogen) atoms. The molecule has 0 saturated heterocycles. The Morgan fingerprint density at radius 3 is 2.69 bits per heavy atom. The molecule has 1 aromatic rings. The van der Waals surface area contributed by atoms with Gasteiger partial charge in [-0.15, -0.1) is 0 Å². The van der Waals surface area contributed by atoms with Crippen LogP contribution in [0.3, 0.4) is 0 Å². The minimum Gasteiger partial charge on any atom is -0.465 e. The predicted octanol–water partition coefficient (Wildman–Crippen LogP) is 1.99. The van der Waals surface area contributed by atoms with Crippen LogP contribution in [-0.4, -0.2) is 18.1 Å². The van der Waals surface area contributed by atoms with E-state index in [0.29, 0.717) is 0 Å². The van der Waals surface area contributed by atoms with Crippen molar-refractivity contribution in [1.82, 2.24) is 4.98 Å². The standard InChI is InChI=1S/C10H8F2N2O2/c1-5-4-14-6(3-13)8(10(15)16-2)7(5)9(11)12/h4,9H,1-2H3. The molecule has 6 heteroatoms. The van der Waals surface area contributed by atoms with Crippen LogP contribution < -0.4 is 0 Å². The highest BCUT2D eigenvalue weighted by molar-refractivity contribution is 5.93. The van der Waals surface area contributed by atoms with Gasteiger partial charge in [0.05, 0.1) is 7.11 Å². The Morgan fingerprint density at radius 2 is 2.25 bits per heavy atom. The van der Waals surface area contributed by atoms with Crippen molar-refractivity contribution in [3.8, 4) is 6.07 Å². The number of aryl methyl sites for hydroxylation is 1. The quantitative estimate of drug-likeness (QED) is 0.723. The smallest absolute Gasteiger partial charge is 0.341 e. The maximum atomic E-state index is 12.8. The normalized spacial score (nSPS) is 10.0. The average Bonchev–Trinajstić information content (AvgIpc) is 2.27. The fourth-order valence-corrected chi connectivity index (χ4v) is 1.29. The summed E-state index contributed by atoms with van der Waals surface area (Å²) in [6, 6.07) is 1.59. The highest BCUT2D eigenvalue weighted by atomic mass is 19.3. The zero-order valence-corrected chi connectivity index (χ0v) is 8.62. The van der Waals surface area contributed by atoms with Gasteiger partial charge in [0.15, 0.2) is 5.69 Å². The largest absolute Gasteiger partial charge is 0.465 e. The van der Waals surface area contributed by atoms with Crippen molar-refractivity contribution in [2.24, 2.45) is 0 Å². The van der Waals surface area contributed by atoms with Crippen LogP contribution in [0, 0.1) is 18.3 Å². The molecule has 0 N–H and O–H groups in total. The van der Waals surface area contributed by atoms with Crippen LogP contribution >= 0.6 is 0 Å². The first-order valence-corrected chi connectivity index (χ1v) is 4.29. The van der Waals surface area contributed by atoms with Gasteiger partial charge >= 0.3 is 5.97 Å². The molecule has 1 heterocycles. The molecular weight excluding hydrogens is 218 g/mol. The molecule has 0 radical (unpaired) electrons. The zero-order chi connectivity index (χ0) is 12.3. The molecule has 0 saturated carbocycles. The number of carbonyl (C=O) groups is 1. The minimum atomic E-state index is -2.86. The molecule has 0 bridgehead atoms. The van der Waals surface area contributed by atoms with Gasteiger partial charge in [-0.25, -0.2) is 18.6 Å². The summed E-state index contributed by atoms with van der Waals surface area (Å²) >= 11 is 0. The molecule has 4 nitrogen and oxygen atoms in total. The van der Waals surface area contributed by atoms with Crippen LogP contribution in [0.25, 0.3) is 0 Å². The molecule has 0 atom stereocenters. The molecule has 0 unspecified atom stereocenters. The van der Waals surface area contributed by atoms with Gasteiger partial charge in [0.2, 0.25) is 0 Å². The van der Waals surface area contributed by atoms with E-state index in [1.165, 1.54) is 6.92 Å². The molecule has 0 aromatic carbocycles. The van der Waals surface area contributed by atoms with Crippen LogP contribution in [0.15, 0.2) is 6.20 Å². The Kier molecular flexibility index (Phi) is 3.51. The second-order valence-corrected chi connectivity index (χ2v) is 2.98. The van der Waals surface area contributed by atoms with Gasteiger partial charge in [0.25, 0.3) is 6.43 Å². The summed E-state index contributed by atoms with van der Waals surface area (Å²) in [6.45, 7) is 1.39. The summed E-state index contributed by atoms with van der Waals surface area (Å²) in [5.74, 6) is -0.983. The van der Waals surface area contributed by atoms with Crippen LogP contribution in [0.4, 0.5) is 8.78 Å². The Balaban J connectivity index is 3.57. The van der Waals surface area contributed by atoms with E-state index < -0.39 is 23.5 Å². The van der Waals surface area contributed by atoms with E-state index in [0.717, 1.165) is 13.3 Å². The number of methoxy groups -OCH3 is 1. The molecule has 0 spiro atoms. The first-order chi connectivity index (χ1) is 7.52. The summed E-state index contributed by atoms with van der Waals surface area (Å²) in [5, 5.41) is 8.69. The summed E-state index contributed by atoms with van der Waals surface area (Å²) < 4.78 is 29.9. The van der Waals surface area contributed by atoms with Crippen molar-refractivity contribution in [2.75, 3.05) is 7.11 Å². The second-order valence-electron chi connectivity index (χ2n) is 2.98. The lowest BCUT2D eigenvalue weighted by Crippen LogP contribution is -2.12. The number of rotatable bonds is 2. The second kappa shape index (κ2) is 4.66. The summed E-state index contributed by atoms with van der Waals surface area (Å²) in [5.41, 5.74) is -1.17. The highest BCUT2D eigenvalue weighted by Crippen LogP contribution is 2.28. The third-order valence-electron chi connectivity index (χ3n) is 2.03. The predicted molar refractivity (Wildman–Crippen MR) is 50.0 cm³/mol. The Bertz CT molecular complexity index is 467. The first kappa shape index (κ1) is 12.0. The minimum absolute atomic E-state index is 0.148. The fourth-order valence-electron chi connectivity index (χ4n) is 1.29. The van der Waals surface area contributed by atoms with Crippen molar-refractivity contribution in [2.45, 2.75) is 13.3 Å². The number of halogens is 2. The van der Waals surface area contributed by atoms with Crippen molar-refractivity contribution >= 4 is 5.97 Å². The molecule has 0 aliphatic carbocycles. The van der Waals surface area contributed by atoms with E-state index in [9.17, 15) is 13.6 Å². The zero-order valence-electron chi connectivity index (χ0n) is 8.62. The SMILES string of the molecule is COC(=O)c1c(C#N)ncc(C)c1C(F)F. The van der Waals surface area contributed by atoms with E-state index in [-0.39, 0.29) is 11.3 Å². The molecule has 0 aliphatic heterocycles. The van der Waals surface area contributed by atoms with E-state index in [1.54, 1.807) is 6.07 Å². The molecule has 84 valence electrons. The van der Waals surface area contributed by atoms with E-state index >= 15 is 0 Å². The molecule has 0 amide bonds. The van der Waals surface area contributed by atoms with Gasteiger partial charge in [-0.1, -0.05) is 0 Å². The summed E-state index contributed by atoms with van der Waals surface area (Å²) in [4.78, 5) is 14.9. The van der Waals surface area contributed by atoms with Crippen molar-refractivity contribution in [3.63, 3.8) is 0 Å². The topological polar surface area (TPSA) is 63.0 Å². The third-order valence-corrected chi connectivity index (χ3v) is 2.03. The van der Waals surface area contributed by atoms with Gasteiger partial charge in [0.1, 0.15) is 11.6 Å². The van der Waals surface area contributed by atoms with Gasteiger partial charge < -0.3 is 4.74 Å². The van der Waals surface area contributed by atoms with Crippen LogP contribution in [-0.2, 0) is 4.74 Å². The number of hydrogen-bond donors (Lipinski definition) is 0. The number of ether oxygens (including phenoxy) is 1. The van der Waals surface area contributed by atoms with Gasteiger partial charge in [-0.3, -0.25) is 0 Å². The number of hydrogen-bond acceptors (Lipinski definition) is 4. The molecule has 1 rings (SSSR count). The molecule has 1 aromatic heterocycles. The third kappa shape index (κ3) is 1.98. The van der Waals surface area contributed by atoms with E-state index in [2.05, 4.69) is 9.72 Å². The Hall–Kier alpha value is -2.03. The lowest BCUT2D eigenvalue weighted by Gasteiger charge is -2.10. The number of nitrogens with zero attached hydrogens (tertiary/aromatic N) is 2. The van der Waals surface area contributed by atoms with E-state index in [1.807, 2.05) is 0 Å². The number of aromatic nitrogens is 1. The molecular formula is C10H8F2N2O2. The monoisotopic (exact) mass is 226 g/mol. The molecule has 0 aliphatic rings. The van der Waals surface area contributed by atoms with Crippen LogP contribution in [0.5, 0.6) is 0 Å². The first-order valence-electron chi connectivity index (χ1n) is 4.29. The van der Waals surface area contributed by atoms with Gasteiger partial charge in [0, 0.05) is 11.8 Å². The number of esters is 1. The fraction of sp³-hybridized carbons (Fsp3) is 0.300. The number of carbonyl (C=O) groups excluding carboxylic acids is 1. The van der Waals surface area contributed by atoms with E-state index in [4.69, 9.17) is 5.26 Å².